The molecule has 2 nitrogen and oxygen atoms in total. The fourth-order valence-corrected chi connectivity index (χ4v) is 1.05. The van der Waals surface area contributed by atoms with Crippen LogP contribution in [0.5, 0.6) is 0 Å². The van der Waals surface area contributed by atoms with Gasteiger partial charge in [-0.15, -0.1) is 0 Å². The van der Waals surface area contributed by atoms with E-state index in [-0.39, 0.29) is 11.4 Å². The van der Waals surface area contributed by atoms with Gasteiger partial charge in [0.1, 0.15) is 5.82 Å². The first-order valence-corrected chi connectivity index (χ1v) is 4.04. The number of carbonyl (C=O) groups excluding carboxylic acids is 1. The molecule has 0 aromatic heterocycles. The lowest BCUT2D eigenvalue weighted by atomic mass is 10.1. The number of amides is 1. The summed E-state index contributed by atoms with van der Waals surface area (Å²) in [5.74, 6) is -0.904. The molecule has 0 aliphatic heterocycles. The molecule has 1 rings (SSSR count). The molecule has 0 saturated carbocycles. The molecular weight excluding hydrogens is 193 g/mol. The van der Waals surface area contributed by atoms with E-state index < -0.39 is 11.7 Å². The minimum Gasteiger partial charge on any atom is -0.370 e. The van der Waals surface area contributed by atoms with Gasteiger partial charge in [-0.2, -0.15) is 0 Å². The molecule has 4 heteroatoms. The summed E-state index contributed by atoms with van der Waals surface area (Å²) < 4.78 is 12.7. The van der Waals surface area contributed by atoms with Gasteiger partial charge >= 0.3 is 0 Å². The molecule has 69 valence electrons. The van der Waals surface area contributed by atoms with Crippen LogP contribution in [-0.4, -0.2) is 5.91 Å². The van der Waals surface area contributed by atoms with Gasteiger partial charge in [0.15, 0.2) is 0 Å². The van der Waals surface area contributed by atoms with Crippen molar-refractivity contribution < 1.29 is 9.18 Å². The third-order valence-corrected chi connectivity index (χ3v) is 1.77. The van der Waals surface area contributed by atoms with Crippen LogP contribution in [0.1, 0.15) is 12.0 Å². The zero-order chi connectivity index (χ0) is 9.84. The SMILES string of the molecule is NC(=O)C[CH]c1ccc(F)c(Cl)c1. The first-order chi connectivity index (χ1) is 6.09. The number of hydrogen-bond donors (Lipinski definition) is 1. The summed E-state index contributed by atoms with van der Waals surface area (Å²) in [6.45, 7) is 0. The predicted octanol–water partition coefficient (Wildman–Crippen LogP) is 1.91. The Morgan fingerprint density at radius 1 is 1.62 bits per heavy atom. The minimum absolute atomic E-state index is 0.0400. The van der Waals surface area contributed by atoms with Gasteiger partial charge in [-0.3, -0.25) is 4.79 Å². The van der Waals surface area contributed by atoms with Gasteiger partial charge < -0.3 is 5.73 Å². The highest BCUT2D eigenvalue weighted by Crippen LogP contribution is 2.17. The number of halogens is 2. The highest BCUT2D eigenvalue weighted by Gasteiger charge is 2.02. The molecule has 0 bridgehead atoms. The fraction of sp³-hybridized carbons (Fsp3) is 0.111. The van der Waals surface area contributed by atoms with E-state index in [9.17, 15) is 9.18 Å². The maximum absolute atomic E-state index is 12.7. The molecule has 0 fully saturated rings. The number of carbonyl (C=O) groups is 1. The maximum atomic E-state index is 12.7. The minimum atomic E-state index is -0.474. The third kappa shape index (κ3) is 3.03. The van der Waals surface area contributed by atoms with Gasteiger partial charge in [0.05, 0.1) is 5.02 Å². The van der Waals surface area contributed by atoms with Gasteiger partial charge in [-0.05, 0) is 17.7 Å². The van der Waals surface area contributed by atoms with E-state index in [1.165, 1.54) is 18.2 Å². The lowest BCUT2D eigenvalue weighted by Gasteiger charge is -1.99. The van der Waals surface area contributed by atoms with Crippen LogP contribution in [0.25, 0.3) is 0 Å². The summed E-state index contributed by atoms with van der Waals surface area (Å²) in [5, 5.41) is 0.0400. The molecule has 0 spiro atoms. The highest BCUT2D eigenvalue weighted by atomic mass is 35.5. The zero-order valence-corrected chi connectivity index (χ0v) is 7.51. The van der Waals surface area contributed by atoms with Crippen molar-refractivity contribution in [3.8, 4) is 0 Å². The summed E-state index contributed by atoms with van der Waals surface area (Å²) in [5.41, 5.74) is 5.62. The average Bonchev–Trinajstić information content (AvgIpc) is 2.07. The van der Waals surface area contributed by atoms with Crippen LogP contribution in [0.15, 0.2) is 18.2 Å². The Morgan fingerprint density at radius 3 is 2.85 bits per heavy atom. The monoisotopic (exact) mass is 200 g/mol. The molecule has 0 heterocycles. The van der Waals surface area contributed by atoms with E-state index in [1.54, 1.807) is 6.42 Å². The Hall–Kier alpha value is -1.09. The molecule has 0 unspecified atom stereocenters. The van der Waals surface area contributed by atoms with E-state index in [1.807, 2.05) is 0 Å². The smallest absolute Gasteiger partial charge is 0.218 e. The molecule has 13 heavy (non-hydrogen) atoms. The lowest BCUT2D eigenvalue weighted by molar-refractivity contribution is -0.117. The zero-order valence-electron chi connectivity index (χ0n) is 6.76. The molecule has 0 aliphatic carbocycles. The van der Waals surface area contributed by atoms with Gasteiger partial charge in [-0.25, -0.2) is 4.39 Å². The van der Waals surface area contributed by atoms with E-state index in [4.69, 9.17) is 17.3 Å². The van der Waals surface area contributed by atoms with Crippen molar-refractivity contribution in [1.29, 1.82) is 0 Å². The van der Waals surface area contributed by atoms with Gasteiger partial charge in [0.25, 0.3) is 0 Å². The number of benzene rings is 1. The van der Waals surface area contributed by atoms with Crippen LogP contribution >= 0.6 is 11.6 Å². The van der Waals surface area contributed by atoms with Gasteiger partial charge in [-0.1, -0.05) is 17.7 Å². The van der Waals surface area contributed by atoms with Crippen LogP contribution in [0, 0.1) is 12.2 Å². The Balaban J connectivity index is 2.68. The van der Waals surface area contributed by atoms with E-state index in [0.717, 1.165) is 0 Å². The topological polar surface area (TPSA) is 43.1 Å². The maximum Gasteiger partial charge on any atom is 0.218 e. The first-order valence-electron chi connectivity index (χ1n) is 3.66. The molecule has 1 aromatic rings. The van der Waals surface area contributed by atoms with E-state index in [0.29, 0.717) is 5.56 Å². The van der Waals surface area contributed by atoms with Crippen LogP contribution in [0.3, 0.4) is 0 Å². The molecule has 1 radical (unpaired) electrons. The molecular formula is C9H8ClFNO. The van der Waals surface area contributed by atoms with Crippen LogP contribution in [0.4, 0.5) is 4.39 Å². The Bertz CT molecular complexity index is 327. The number of hydrogen-bond acceptors (Lipinski definition) is 1. The van der Waals surface area contributed by atoms with Crippen molar-refractivity contribution in [1.82, 2.24) is 0 Å². The van der Waals surface area contributed by atoms with Crippen molar-refractivity contribution in [3.63, 3.8) is 0 Å². The van der Waals surface area contributed by atoms with E-state index in [2.05, 4.69) is 0 Å². The quantitative estimate of drug-likeness (QED) is 0.796. The largest absolute Gasteiger partial charge is 0.370 e. The van der Waals surface area contributed by atoms with Gasteiger partial charge in [0, 0.05) is 12.8 Å². The summed E-state index contributed by atoms with van der Waals surface area (Å²) in [7, 11) is 0. The summed E-state index contributed by atoms with van der Waals surface area (Å²) in [6.07, 6.45) is 1.72. The third-order valence-electron chi connectivity index (χ3n) is 1.48. The predicted molar refractivity (Wildman–Crippen MR) is 48.6 cm³/mol. The number of rotatable bonds is 3. The molecule has 0 saturated heterocycles. The van der Waals surface area contributed by atoms with Crippen LogP contribution in [0.2, 0.25) is 5.02 Å². The number of nitrogens with two attached hydrogens (primary N) is 1. The summed E-state index contributed by atoms with van der Waals surface area (Å²) in [4.78, 5) is 10.4. The second kappa shape index (κ2) is 4.23. The van der Waals surface area contributed by atoms with Crippen molar-refractivity contribution in [2.24, 2.45) is 5.73 Å². The molecule has 0 aliphatic rings. The average molecular weight is 201 g/mol. The molecule has 0 atom stereocenters. The normalized spacial score (nSPS) is 10.0. The van der Waals surface area contributed by atoms with Crippen molar-refractivity contribution in [3.05, 3.63) is 41.0 Å². The summed E-state index contributed by atoms with van der Waals surface area (Å²) >= 11 is 5.52. The first kappa shape index (κ1) is 9.99. The van der Waals surface area contributed by atoms with Crippen molar-refractivity contribution in [2.75, 3.05) is 0 Å². The van der Waals surface area contributed by atoms with Crippen LogP contribution < -0.4 is 5.73 Å². The van der Waals surface area contributed by atoms with Crippen molar-refractivity contribution in [2.45, 2.75) is 6.42 Å². The Kier molecular flexibility index (Phi) is 3.25. The van der Waals surface area contributed by atoms with Crippen molar-refractivity contribution >= 4 is 17.5 Å². The second-order valence-electron chi connectivity index (χ2n) is 2.55. The molecule has 1 aromatic carbocycles. The van der Waals surface area contributed by atoms with E-state index >= 15 is 0 Å². The Morgan fingerprint density at radius 2 is 2.31 bits per heavy atom. The highest BCUT2D eigenvalue weighted by molar-refractivity contribution is 6.30. The second-order valence-corrected chi connectivity index (χ2v) is 2.96. The standard InChI is InChI=1S/C9H8ClFNO/c10-7-5-6(1-3-8(7)11)2-4-9(12)13/h1-3,5H,4H2,(H2,12,13). The van der Waals surface area contributed by atoms with Crippen LogP contribution in [-0.2, 0) is 4.79 Å². The number of primary amides is 1. The molecule has 2 N–H and O–H groups in total. The summed E-state index contributed by atoms with van der Waals surface area (Å²) in [6, 6.07) is 4.22. The van der Waals surface area contributed by atoms with Gasteiger partial charge in [0.2, 0.25) is 5.91 Å². The molecule has 1 amide bonds. The fourth-order valence-electron chi connectivity index (χ4n) is 0.858. The lowest BCUT2D eigenvalue weighted by Crippen LogP contribution is -2.10. The Labute approximate surface area is 80.5 Å².